The number of hydrogen-bond acceptors (Lipinski definition) is 6. The number of nitrogens with zero attached hydrogens (tertiary/aromatic N) is 3. The molecule has 5 rings (SSSR count). The summed E-state index contributed by atoms with van der Waals surface area (Å²) < 4.78 is 7.00. The summed E-state index contributed by atoms with van der Waals surface area (Å²) >= 11 is 1.46. The molecule has 0 spiro atoms. The standard InChI is InChI=1S/C34H37N3O3S/c1-5-9-21-37(20-6-2)33(38)25-15-11-10-14-24(25)30-26-19-18-23(36(7-3)8-4)22-28(26)40-34(39)31(30)32-35-27-16-12-13-17-29(27)41-32/h10-19,22H,5-9,20-21H2,1-4H3. The van der Waals surface area contributed by atoms with Gasteiger partial charge < -0.3 is 14.2 Å². The summed E-state index contributed by atoms with van der Waals surface area (Å²) in [4.78, 5) is 36.9. The summed E-state index contributed by atoms with van der Waals surface area (Å²) in [5.41, 5.74) is 4.24. The van der Waals surface area contributed by atoms with E-state index in [1.165, 1.54) is 11.3 Å². The summed E-state index contributed by atoms with van der Waals surface area (Å²) in [6, 6.07) is 21.5. The van der Waals surface area contributed by atoms with E-state index >= 15 is 0 Å². The van der Waals surface area contributed by atoms with Crippen molar-refractivity contribution in [2.75, 3.05) is 31.1 Å². The summed E-state index contributed by atoms with van der Waals surface area (Å²) in [6.07, 6.45) is 2.83. The normalized spacial score (nSPS) is 11.3. The van der Waals surface area contributed by atoms with Gasteiger partial charge in [0.25, 0.3) is 5.91 Å². The molecular weight excluding hydrogens is 530 g/mol. The van der Waals surface area contributed by atoms with Crippen LogP contribution in [0.25, 0.3) is 42.9 Å². The third-order valence-electron chi connectivity index (χ3n) is 7.52. The first-order valence-corrected chi connectivity index (χ1v) is 15.4. The zero-order valence-electron chi connectivity index (χ0n) is 24.3. The van der Waals surface area contributed by atoms with E-state index in [1.807, 2.05) is 65.6 Å². The molecule has 3 aromatic carbocycles. The molecule has 0 aliphatic rings. The van der Waals surface area contributed by atoms with Crippen LogP contribution in [-0.2, 0) is 0 Å². The van der Waals surface area contributed by atoms with Gasteiger partial charge in [0.2, 0.25) is 0 Å². The number of rotatable bonds is 11. The van der Waals surface area contributed by atoms with Crippen LogP contribution in [0.2, 0.25) is 0 Å². The van der Waals surface area contributed by atoms with Crippen LogP contribution in [-0.4, -0.2) is 42.0 Å². The lowest BCUT2D eigenvalue weighted by atomic mass is 9.92. The number of unbranched alkanes of at least 4 members (excludes halogenated alkanes) is 1. The Morgan fingerprint density at radius 3 is 2.37 bits per heavy atom. The highest BCUT2D eigenvalue weighted by Crippen LogP contribution is 2.41. The molecule has 212 valence electrons. The highest BCUT2D eigenvalue weighted by atomic mass is 32.1. The second-order valence-corrected chi connectivity index (χ2v) is 11.2. The van der Waals surface area contributed by atoms with E-state index in [4.69, 9.17) is 9.40 Å². The average Bonchev–Trinajstić information content (AvgIpc) is 3.42. The quantitative estimate of drug-likeness (QED) is 0.150. The Morgan fingerprint density at radius 1 is 0.878 bits per heavy atom. The van der Waals surface area contributed by atoms with E-state index in [-0.39, 0.29) is 5.91 Å². The van der Waals surface area contributed by atoms with Gasteiger partial charge in [0, 0.05) is 54.4 Å². The molecule has 0 unspecified atom stereocenters. The Hall–Kier alpha value is -3.97. The number of hydrogen-bond donors (Lipinski definition) is 0. The summed E-state index contributed by atoms with van der Waals surface area (Å²) in [5.74, 6) is -0.0210. The first-order chi connectivity index (χ1) is 20.0. The van der Waals surface area contributed by atoms with Gasteiger partial charge in [-0.15, -0.1) is 11.3 Å². The van der Waals surface area contributed by atoms with Gasteiger partial charge in [0.1, 0.15) is 16.2 Å². The maximum Gasteiger partial charge on any atom is 0.347 e. The smallest absolute Gasteiger partial charge is 0.347 e. The largest absolute Gasteiger partial charge is 0.422 e. The lowest BCUT2D eigenvalue weighted by Gasteiger charge is -2.24. The molecule has 0 fully saturated rings. The molecule has 0 aliphatic carbocycles. The second kappa shape index (κ2) is 12.7. The molecule has 1 amide bonds. The molecule has 0 N–H and O–H groups in total. The Balaban J connectivity index is 1.80. The van der Waals surface area contributed by atoms with Crippen LogP contribution < -0.4 is 10.5 Å². The summed E-state index contributed by atoms with van der Waals surface area (Å²) in [7, 11) is 0. The molecule has 0 atom stereocenters. The Bertz CT molecular complexity index is 1700. The van der Waals surface area contributed by atoms with Crippen molar-refractivity contribution in [2.24, 2.45) is 0 Å². The van der Waals surface area contributed by atoms with Gasteiger partial charge in [-0.05, 0) is 62.6 Å². The van der Waals surface area contributed by atoms with E-state index in [9.17, 15) is 9.59 Å². The molecule has 0 bridgehead atoms. The fourth-order valence-electron chi connectivity index (χ4n) is 5.42. The van der Waals surface area contributed by atoms with Crippen molar-refractivity contribution in [1.82, 2.24) is 9.88 Å². The number of thiazole rings is 1. The number of amides is 1. The summed E-state index contributed by atoms with van der Waals surface area (Å²) in [6.45, 7) is 11.5. The first kappa shape index (κ1) is 28.6. The van der Waals surface area contributed by atoms with Crippen LogP contribution in [0, 0.1) is 0 Å². The second-order valence-electron chi connectivity index (χ2n) is 10.2. The third-order valence-corrected chi connectivity index (χ3v) is 8.57. The number of carbonyl (C=O) groups excluding carboxylic acids is 1. The van der Waals surface area contributed by atoms with Crippen LogP contribution in [0.1, 0.15) is 57.3 Å². The Kier molecular flexibility index (Phi) is 8.84. The molecule has 6 nitrogen and oxygen atoms in total. The molecular formula is C34H37N3O3S. The van der Waals surface area contributed by atoms with Crippen molar-refractivity contribution < 1.29 is 9.21 Å². The van der Waals surface area contributed by atoms with E-state index in [0.29, 0.717) is 40.4 Å². The van der Waals surface area contributed by atoms with Gasteiger partial charge in [0.05, 0.1) is 10.2 Å². The number of fused-ring (bicyclic) bond motifs is 2. The minimum Gasteiger partial charge on any atom is -0.422 e. The van der Waals surface area contributed by atoms with E-state index in [1.54, 1.807) is 0 Å². The SMILES string of the molecule is CCCCN(CCC)C(=O)c1ccccc1-c1c(-c2nc3ccccc3s2)c(=O)oc2cc(N(CC)CC)ccc12. The highest BCUT2D eigenvalue weighted by molar-refractivity contribution is 7.21. The lowest BCUT2D eigenvalue weighted by molar-refractivity contribution is 0.0754. The van der Waals surface area contributed by atoms with Gasteiger partial charge >= 0.3 is 5.63 Å². The van der Waals surface area contributed by atoms with Crippen molar-refractivity contribution >= 4 is 44.1 Å². The van der Waals surface area contributed by atoms with E-state index in [0.717, 1.165) is 59.2 Å². The van der Waals surface area contributed by atoms with Crippen molar-refractivity contribution in [1.29, 1.82) is 0 Å². The molecule has 2 aromatic heterocycles. The minimum atomic E-state index is -0.457. The Morgan fingerprint density at radius 2 is 1.63 bits per heavy atom. The molecule has 41 heavy (non-hydrogen) atoms. The average molecular weight is 568 g/mol. The maximum absolute atomic E-state index is 14.1. The van der Waals surface area contributed by atoms with Crippen molar-refractivity contribution in [2.45, 2.75) is 47.0 Å². The lowest BCUT2D eigenvalue weighted by Crippen LogP contribution is -2.33. The molecule has 7 heteroatoms. The summed E-state index contributed by atoms with van der Waals surface area (Å²) in [5, 5.41) is 1.37. The van der Waals surface area contributed by atoms with Crippen LogP contribution in [0.15, 0.2) is 75.9 Å². The molecule has 0 saturated carbocycles. The van der Waals surface area contributed by atoms with Crippen LogP contribution in [0.5, 0.6) is 0 Å². The highest BCUT2D eigenvalue weighted by Gasteiger charge is 2.26. The van der Waals surface area contributed by atoms with Crippen molar-refractivity contribution in [3.63, 3.8) is 0 Å². The fourth-order valence-corrected chi connectivity index (χ4v) is 6.42. The van der Waals surface area contributed by atoms with E-state index < -0.39 is 5.63 Å². The number of aromatic nitrogens is 1. The third kappa shape index (κ3) is 5.64. The Labute approximate surface area is 245 Å². The van der Waals surface area contributed by atoms with Gasteiger partial charge in [-0.3, -0.25) is 4.79 Å². The molecule has 0 saturated heterocycles. The van der Waals surface area contributed by atoms with Gasteiger partial charge in [-0.2, -0.15) is 0 Å². The van der Waals surface area contributed by atoms with Gasteiger partial charge in [-0.1, -0.05) is 50.6 Å². The minimum absolute atomic E-state index is 0.0210. The predicted octanol–water partition coefficient (Wildman–Crippen LogP) is 8.24. The number of para-hydroxylation sites is 1. The van der Waals surface area contributed by atoms with Crippen molar-refractivity contribution in [3.8, 4) is 21.7 Å². The molecule has 0 aliphatic heterocycles. The number of carbonyl (C=O) groups is 1. The number of benzene rings is 3. The monoisotopic (exact) mass is 567 g/mol. The molecule has 2 heterocycles. The number of anilines is 1. The van der Waals surface area contributed by atoms with Crippen molar-refractivity contribution in [3.05, 3.63) is 82.7 Å². The predicted molar refractivity (Wildman–Crippen MR) is 171 cm³/mol. The zero-order chi connectivity index (χ0) is 28.9. The maximum atomic E-state index is 14.1. The molecule has 5 aromatic rings. The van der Waals surface area contributed by atoms with Gasteiger partial charge in [0.15, 0.2) is 0 Å². The van der Waals surface area contributed by atoms with E-state index in [2.05, 4.69) is 38.7 Å². The topological polar surface area (TPSA) is 66.7 Å². The zero-order valence-corrected chi connectivity index (χ0v) is 25.1. The first-order valence-electron chi connectivity index (χ1n) is 14.6. The van der Waals surface area contributed by atoms with Crippen LogP contribution >= 0.6 is 11.3 Å². The molecule has 0 radical (unpaired) electrons. The van der Waals surface area contributed by atoms with Gasteiger partial charge in [-0.25, -0.2) is 9.78 Å². The van der Waals surface area contributed by atoms with Crippen LogP contribution in [0.4, 0.5) is 5.69 Å². The fraction of sp³-hybridized carbons (Fsp3) is 0.324. The van der Waals surface area contributed by atoms with Crippen LogP contribution in [0.3, 0.4) is 0 Å².